The van der Waals surface area contributed by atoms with Gasteiger partial charge in [-0.05, 0) is 0 Å². The van der Waals surface area contributed by atoms with Crippen molar-refractivity contribution in [3.8, 4) is 0 Å². The number of benzene rings is 1. The summed E-state index contributed by atoms with van der Waals surface area (Å²) in [5.74, 6) is 0. The monoisotopic (exact) mass is 336 g/mol. The van der Waals surface area contributed by atoms with E-state index in [2.05, 4.69) is 59.5 Å². The number of aryl methyl sites for hydroxylation is 1. The maximum absolute atomic E-state index is 2.70. The van der Waals surface area contributed by atoms with Gasteiger partial charge in [0.1, 0.15) is 0 Å². The van der Waals surface area contributed by atoms with E-state index in [4.69, 9.17) is 0 Å². The van der Waals surface area contributed by atoms with E-state index in [1.54, 1.807) is 0 Å². The molecule has 0 bridgehead atoms. The molecule has 2 saturated heterocycles. The first-order chi connectivity index (χ1) is 10.4. The molecule has 3 rings (SSSR count). The van der Waals surface area contributed by atoms with Gasteiger partial charge in [-0.2, -0.15) is 0 Å². The van der Waals surface area contributed by atoms with Crippen LogP contribution in [0.1, 0.15) is 58.9 Å². The van der Waals surface area contributed by atoms with Gasteiger partial charge in [0, 0.05) is 0 Å². The molecule has 0 aliphatic carbocycles. The van der Waals surface area contributed by atoms with E-state index in [-0.39, 0.29) is 7.92 Å². The Morgan fingerprint density at radius 3 is 2.00 bits per heavy atom. The molecule has 2 heteroatoms. The molecule has 2 aliphatic heterocycles. The van der Waals surface area contributed by atoms with Gasteiger partial charge in [0.15, 0.2) is 0 Å². The van der Waals surface area contributed by atoms with Crippen LogP contribution in [0.4, 0.5) is 0 Å². The van der Waals surface area contributed by atoms with E-state index in [0.29, 0.717) is 0 Å². The second-order valence-corrected chi connectivity index (χ2v) is 16.5. The molecule has 22 heavy (non-hydrogen) atoms. The van der Waals surface area contributed by atoms with Crippen LogP contribution in [-0.4, -0.2) is 29.3 Å². The second kappa shape index (κ2) is 6.18. The predicted octanol–water partition coefficient (Wildman–Crippen LogP) is 5.25. The van der Waals surface area contributed by atoms with Crippen molar-refractivity contribution in [1.29, 1.82) is 0 Å². The summed E-state index contributed by atoms with van der Waals surface area (Å²) in [6, 6.07) is 7.56. The summed E-state index contributed by atoms with van der Waals surface area (Å²) in [7, 11) is -1.30. The van der Waals surface area contributed by atoms with Crippen molar-refractivity contribution in [2.45, 2.75) is 82.9 Å². The Balaban J connectivity index is 2.13. The van der Waals surface area contributed by atoms with E-state index in [9.17, 15) is 0 Å². The first kappa shape index (κ1) is 16.9. The summed E-state index contributed by atoms with van der Waals surface area (Å²) in [6.45, 7) is 15.1. The van der Waals surface area contributed by atoms with Crippen molar-refractivity contribution >= 4 is 25.8 Å². The number of hydrogen-bond acceptors (Lipinski definition) is 0. The molecular formula is C20H34P2. The third kappa shape index (κ3) is 2.59. The molecule has 0 aromatic heterocycles. The maximum atomic E-state index is 2.70. The Kier molecular flexibility index (Phi) is 4.75. The van der Waals surface area contributed by atoms with E-state index in [0.717, 1.165) is 22.6 Å². The van der Waals surface area contributed by atoms with E-state index < -0.39 is 7.26 Å². The quantitative estimate of drug-likeness (QED) is 0.647. The van der Waals surface area contributed by atoms with E-state index in [1.165, 1.54) is 31.2 Å². The third-order valence-electron chi connectivity index (χ3n) is 7.04. The van der Waals surface area contributed by atoms with Gasteiger partial charge in [-0.1, -0.05) is 0 Å². The fraction of sp³-hybridized carbons (Fsp3) is 0.700. The van der Waals surface area contributed by atoms with Gasteiger partial charge in [0.05, 0.1) is 0 Å². The van der Waals surface area contributed by atoms with Gasteiger partial charge >= 0.3 is 139 Å². The molecule has 0 N–H and O–H groups in total. The van der Waals surface area contributed by atoms with Crippen LogP contribution in [0.25, 0.3) is 0 Å². The fourth-order valence-corrected chi connectivity index (χ4v) is 14.2. The van der Waals surface area contributed by atoms with Crippen LogP contribution < -0.4 is 10.6 Å². The molecule has 0 spiro atoms. The summed E-state index contributed by atoms with van der Waals surface area (Å²) in [5, 5.41) is 3.67. The van der Waals surface area contributed by atoms with Crippen molar-refractivity contribution in [2.75, 3.05) is 6.66 Å². The molecule has 4 atom stereocenters. The van der Waals surface area contributed by atoms with Crippen LogP contribution in [0.5, 0.6) is 0 Å². The van der Waals surface area contributed by atoms with Gasteiger partial charge in [0.2, 0.25) is 0 Å². The molecule has 0 amide bonds. The van der Waals surface area contributed by atoms with Gasteiger partial charge < -0.3 is 0 Å². The average Bonchev–Trinajstić information content (AvgIpc) is 2.94. The number of hydrogen-bond donors (Lipinski definition) is 0. The van der Waals surface area contributed by atoms with Crippen LogP contribution in [0, 0.1) is 6.92 Å². The molecule has 0 radical (unpaired) electrons. The first-order valence-corrected chi connectivity index (χ1v) is 13.4. The molecule has 1 aromatic carbocycles. The summed E-state index contributed by atoms with van der Waals surface area (Å²) in [5.41, 5.74) is 5.23. The van der Waals surface area contributed by atoms with Crippen molar-refractivity contribution in [1.82, 2.24) is 0 Å². The van der Waals surface area contributed by atoms with Crippen molar-refractivity contribution in [3.05, 3.63) is 23.8 Å². The zero-order valence-corrected chi connectivity index (χ0v) is 17.2. The standard InChI is InChI=1S/C20H34P2/c1-14-7-12-20(22(6)17(4)10-11-18(22)5)19(13-14)21-15(2)8-9-16(21)3/h7,12-13,15-18,22H,8-11H2,1-6H3/t15-,16-,17-,18-/m1/s1. The minimum absolute atomic E-state index is 0.0490. The zero-order valence-electron chi connectivity index (χ0n) is 15.3. The van der Waals surface area contributed by atoms with E-state index >= 15 is 0 Å². The first-order valence-electron chi connectivity index (χ1n) is 9.25. The van der Waals surface area contributed by atoms with E-state index in [1.807, 2.05) is 10.6 Å². The Morgan fingerprint density at radius 2 is 1.45 bits per heavy atom. The van der Waals surface area contributed by atoms with Crippen LogP contribution in [0.2, 0.25) is 0 Å². The van der Waals surface area contributed by atoms with Crippen molar-refractivity contribution < 1.29 is 0 Å². The molecule has 0 saturated carbocycles. The Bertz CT molecular complexity index is 531. The van der Waals surface area contributed by atoms with Crippen molar-refractivity contribution in [3.63, 3.8) is 0 Å². The molecular weight excluding hydrogens is 302 g/mol. The topological polar surface area (TPSA) is 0 Å². The number of rotatable bonds is 2. The Morgan fingerprint density at radius 1 is 0.909 bits per heavy atom. The van der Waals surface area contributed by atoms with Crippen LogP contribution in [-0.2, 0) is 0 Å². The molecule has 0 nitrogen and oxygen atoms in total. The molecule has 2 fully saturated rings. The molecule has 0 unspecified atom stereocenters. The molecule has 124 valence electrons. The fourth-order valence-electron chi connectivity index (χ4n) is 5.10. The average molecular weight is 336 g/mol. The summed E-state index contributed by atoms with van der Waals surface area (Å²) in [6.07, 6.45) is 5.81. The SMILES string of the molecule is Cc1ccc([PH]2(C)[C@H](C)CC[C@H]2C)c(P2[C@H](C)CC[C@H]2C)c1. The second-order valence-electron chi connectivity index (χ2n) is 8.37. The summed E-state index contributed by atoms with van der Waals surface area (Å²) in [4.78, 5) is 0. The van der Waals surface area contributed by atoms with Crippen LogP contribution in [0.15, 0.2) is 18.2 Å². The molecule has 1 aromatic rings. The Labute approximate surface area is 139 Å². The van der Waals surface area contributed by atoms with Crippen molar-refractivity contribution in [2.24, 2.45) is 0 Å². The van der Waals surface area contributed by atoms with Gasteiger partial charge in [-0.3, -0.25) is 0 Å². The summed E-state index contributed by atoms with van der Waals surface area (Å²) >= 11 is 0. The van der Waals surface area contributed by atoms with Crippen LogP contribution >= 0.6 is 15.2 Å². The minimum atomic E-state index is -1.35. The summed E-state index contributed by atoms with van der Waals surface area (Å²) < 4.78 is 0. The third-order valence-corrected chi connectivity index (χ3v) is 16.9. The predicted molar refractivity (Wildman–Crippen MR) is 108 cm³/mol. The van der Waals surface area contributed by atoms with Crippen LogP contribution in [0.3, 0.4) is 0 Å². The molecule has 2 aliphatic rings. The molecule has 2 heterocycles. The van der Waals surface area contributed by atoms with Gasteiger partial charge in [0.25, 0.3) is 0 Å². The normalized spacial score (nSPS) is 36.6. The zero-order chi connectivity index (χ0) is 16.1. The van der Waals surface area contributed by atoms with Gasteiger partial charge in [-0.25, -0.2) is 0 Å². The Hall–Kier alpha value is 0.0800. The van der Waals surface area contributed by atoms with Gasteiger partial charge in [-0.15, -0.1) is 0 Å².